The van der Waals surface area contributed by atoms with Gasteiger partial charge in [0.25, 0.3) is 5.91 Å². The van der Waals surface area contributed by atoms with Gasteiger partial charge in [-0.05, 0) is 57.4 Å². The topological polar surface area (TPSA) is 75.2 Å². The molecular weight excluding hydrogens is 432 g/mol. The Balaban J connectivity index is 1.62. The summed E-state index contributed by atoms with van der Waals surface area (Å²) >= 11 is 1.32. The van der Waals surface area contributed by atoms with Crippen molar-refractivity contribution in [1.29, 1.82) is 0 Å². The van der Waals surface area contributed by atoms with Crippen molar-refractivity contribution >= 4 is 28.3 Å². The molecule has 0 atom stereocenters. The Morgan fingerprint density at radius 2 is 1.82 bits per heavy atom. The first-order chi connectivity index (χ1) is 15.9. The summed E-state index contributed by atoms with van der Waals surface area (Å²) in [6.07, 6.45) is 4.56. The highest BCUT2D eigenvalue weighted by Gasteiger charge is 2.22. The Morgan fingerprint density at radius 1 is 1.06 bits per heavy atom. The number of aromatic nitrogens is 2. The summed E-state index contributed by atoms with van der Waals surface area (Å²) in [5.41, 5.74) is 3.92. The summed E-state index contributed by atoms with van der Waals surface area (Å²) in [7, 11) is 0. The minimum Gasteiger partial charge on any atom is -0.327 e. The Morgan fingerprint density at radius 3 is 2.48 bits per heavy atom. The molecule has 0 radical (unpaired) electrons. The molecule has 1 aromatic heterocycles. The quantitative estimate of drug-likeness (QED) is 0.389. The number of amides is 2. The van der Waals surface area contributed by atoms with Gasteiger partial charge >= 0.3 is 0 Å². The van der Waals surface area contributed by atoms with E-state index in [4.69, 9.17) is 0 Å². The number of unbranched alkanes of at least 4 members (excludes halogenated alkanes) is 2. The van der Waals surface area contributed by atoms with E-state index in [1.807, 2.05) is 69.3 Å². The first kappa shape index (κ1) is 24.6. The van der Waals surface area contributed by atoms with Gasteiger partial charge < -0.3 is 4.90 Å². The maximum Gasteiger partial charge on any atom is 0.254 e. The van der Waals surface area contributed by atoms with E-state index in [0.29, 0.717) is 10.7 Å². The molecule has 3 aromatic rings. The van der Waals surface area contributed by atoms with Crippen LogP contribution >= 0.6 is 11.3 Å². The highest BCUT2D eigenvalue weighted by molar-refractivity contribution is 7.18. The molecule has 0 spiro atoms. The van der Waals surface area contributed by atoms with Crippen LogP contribution in [0.15, 0.2) is 48.5 Å². The largest absolute Gasteiger partial charge is 0.327 e. The lowest BCUT2D eigenvalue weighted by molar-refractivity contribution is -0.117. The molecule has 0 saturated carbocycles. The molecule has 0 unspecified atom stereocenters. The van der Waals surface area contributed by atoms with Crippen LogP contribution in [-0.2, 0) is 11.2 Å². The number of hydrogen-bond donors (Lipinski definition) is 1. The van der Waals surface area contributed by atoms with Crippen molar-refractivity contribution in [2.75, 3.05) is 11.9 Å². The van der Waals surface area contributed by atoms with Gasteiger partial charge in [-0.2, -0.15) is 0 Å². The van der Waals surface area contributed by atoms with E-state index in [2.05, 4.69) is 22.4 Å². The van der Waals surface area contributed by atoms with Gasteiger partial charge in [-0.15, -0.1) is 10.2 Å². The molecule has 0 fully saturated rings. The standard InChI is InChI=1S/C26H32N4O2S/c1-5-6-7-10-20-12-14-21(15-13-20)25(32)30(18(2)3)17-23(31)27-26-29-28-24(33-26)22-11-8-9-19(4)16-22/h8-9,11-16,18H,5-7,10,17H2,1-4H3,(H,27,29,31). The third-order valence-corrected chi connectivity index (χ3v) is 6.29. The van der Waals surface area contributed by atoms with Gasteiger partial charge in [0.05, 0.1) is 0 Å². The van der Waals surface area contributed by atoms with Crippen LogP contribution in [0.1, 0.15) is 61.5 Å². The van der Waals surface area contributed by atoms with Crippen LogP contribution in [0.5, 0.6) is 0 Å². The molecule has 0 saturated heterocycles. The number of rotatable bonds is 10. The molecule has 2 aromatic carbocycles. The summed E-state index contributed by atoms with van der Waals surface area (Å²) in [6.45, 7) is 7.97. The maximum atomic E-state index is 13.1. The van der Waals surface area contributed by atoms with Crippen molar-refractivity contribution < 1.29 is 9.59 Å². The van der Waals surface area contributed by atoms with Crippen LogP contribution in [0, 0.1) is 6.92 Å². The number of nitrogens with zero attached hydrogens (tertiary/aromatic N) is 3. The number of aryl methyl sites for hydroxylation is 2. The Hall–Kier alpha value is -3.06. The summed E-state index contributed by atoms with van der Waals surface area (Å²) in [5, 5.41) is 12.2. The van der Waals surface area contributed by atoms with Crippen LogP contribution in [-0.4, -0.2) is 39.5 Å². The van der Waals surface area contributed by atoms with Crippen LogP contribution in [0.4, 0.5) is 5.13 Å². The zero-order valence-electron chi connectivity index (χ0n) is 19.8. The van der Waals surface area contributed by atoms with E-state index in [1.54, 1.807) is 4.90 Å². The highest BCUT2D eigenvalue weighted by Crippen LogP contribution is 2.26. The molecule has 6 nitrogen and oxygen atoms in total. The van der Waals surface area contributed by atoms with Gasteiger partial charge in [0.15, 0.2) is 0 Å². The molecule has 0 bridgehead atoms. The molecule has 0 aliphatic heterocycles. The monoisotopic (exact) mass is 464 g/mol. The second-order valence-electron chi connectivity index (χ2n) is 8.51. The van der Waals surface area contributed by atoms with Crippen molar-refractivity contribution in [2.24, 2.45) is 0 Å². The van der Waals surface area contributed by atoms with Crippen molar-refractivity contribution in [3.63, 3.8) is 0 Å². The highest BCUT2D eigenvalue weighted by atomic mass is 32.1. The number of anilines is 1. The van der Waals surface area contributed by atoms with Crippen molar-refractivity contribution in [3.8, 4) is 10.6 Å². The predicted octanol–water partition coefficient (Wildman–Crippen LogP) is 5.74. The van der Waals surface area contributed by atoms with E-state index in [-0.39, 0.29) is 24.4 Å². The second kappa shape index (κ2) is 11.7. The molecule has 0 aliphatic carbocycles. The summed E-state index contributed by atoms with van der Waals surface area (Å²) in [5.74, 6) is -0.446. The van der Waals surface area contributed by atoms with Crippen LogP contribution in [0.25, 0.3) is 10.6 Å². The summed E-state index contributed by atoms with van der Waals surface area (Å²) in [6, 6.07) is 15.6. The first-order valence-corrected chi connectivity index (χ1v) is 12.3. The molecule has 2 amide bonds. The Kier molecular flexibility index (Phi) is 8.72. The number of benzene rings is 2. The zero-order chi connectivity index (χ0) is 23.8. The normalized spacial score (nSPS) is 10.9. The lowest BCUT2D eigenvalue weighted by Gasteiger charge is -2.26. The van der Waals surface area contributed by atoms with Gasteiger partial charge in [-0.3, -0.25) is 14.9 Å². The number of hydrogen-bond acceptors (Lipinski definition) is 5. The van der Waals surface area contributed by atoms with Crippen LogP contribution in [0.2, 0.25) is 0 Å². The third-order valence-electron chi connectivity index (χ3n) is 5.40. The molecule has 1 N–H and O–H groups in total. The number of nitrogens with one attached hydrogen (secondary N) is 1. The fourth-order valence-corrected chi connectivity index (χ4v) is 4.29. The van der Waals surface area contributed by atoms with Gasteiger partial charge in [-0.1, -0.05) is 67.0 Å². The van der Waals surface area contributed by atoms with Gasteiger partial charge in [0.1, 0.15) is 11.6 Å². The number of carbonyl (C=O) groups excluding carboxylic acids is 2. The zero-order valence-corrected chi connectivity index (χ0v) is 20.6. The third kappa shape index (κ3) is 6.96. The average molecular weight is 465 g/mol. The summed E-state index contributed by atoms with van der Waals surface area (Å²) < 4.78 is 0. The fourth-order valence-electron chi connectivity index (χ4n) is 3.53. The van der Waals surface area contributed by atoms with E-state index in [9.17, 15) is 9.59 Å². The second-order valence-corrected chi connectivity index (χ2v) is 9.49. The summed E-state index contributed by atoms with van der Waals surface area (Å²) in [4.78, 5) is 27.4. The molecular formula is C26H32N4O2S. The van der Waals surface area contributed by atoms with E-state index < -0.39 is 0 Å². The van der Waals surface area contributed by atoms with Gasteiger partial charge in [0, 0.05) is 17.2 Å². The Labute approximate surface area is 200 Å². The molecule has 33 heavy (non-hydrogen) atoms. The van der Waals surface area contributed by atoms with Crippen LogP contribution in [0.3, 0.4) is 0 Å². The fraction of sp³-hybridized carbons (Fsp3) is 0.385. The van der Waals surface area contributed by atoms with E-state index in [0.717, 1.165) is 29.0 Å². The minimum absolute atomic E-state index is 0.0475. The smallest absolute Gasteiger partial charge is 0.254 e. The van der Waals surface area contributed by atoms with Crippen molar-refractivity contribution in [3.05, 3.63) is 65.2 Å². The molecule has 3 rings (SSSR count). The lowest BCUT2D eigenvalue weighted by Crippen LogP contribution is -2.42. The average Bonchev–Trinajstić information content (AvgIpc) is 3.26. The van der Waals surface area contributed by atoms with Gasteiger partial charge in [-0.25, -0.2) is 0 Å². The minimum atomic E-state index is -0.292. The number of carbonyl (C=O) groups is 2. The molecule has 174 valence electrons. The lowest BCUT2D eigenvalue weighted by atomic mass is 10.0. The van der Waals surface area contributed by atoms with Crippen molar-refractivity contribution in [2.45, 2.75) is 59.4 Å². The maximum absolute atomic E-state index is 13.1. The van der Waals surface area contributed by atoms with E-state index >= 15 is 0 Å². The van der Waals surface area contributed by atoms with Crippen molar-refractivity contribution in [1.82, 2.24) is 15.1 Å². The predicted molar refractivity (Wildman–Crippen MR) is 135 cm³/mol. The molecule has 0 aliphatic rings. The van der Waals surface area contributed by atoms with Gasteiger partial charge in [0.2, 0.25) is 11.0 Å². The Bertz CT molecular complexity index is 1080. The molecule has 1 heterocycles. The SMILES string of the molecule is CCCCCc1ccc(C(=O)N(CC(=O)Nc2nnc(-c3cccc(C)c3)s2)C(C)C)cc1. The molecule has 7 heteroatoms. The first-order valence-electron chi connectivity index (χ1n) is 11.5. The van der Waals surface area contributed by atoms with Crippen LogP contribution < -0.4 is 5.32 Å². The van der Waals surface area contributed by atoms with E-state index in [1.165, 1.54) is 29.7 Å².